The predicted octanol–water partition coefficient (Wildman–Crippen LogP) is 6.81. The van der Waals surface area contributed by atoms with E-state index in [1.54, 1.807) is 12.1 Å². The van der Waals surface area contributed by atoms with Gasteiger partial charge >= 0.3 is 0 Å². The first-order chi connectivity index (χ1) is 15.1. The summed E-state index contributed by atoms with van der Waals surface area (Å²) in [5, 5.41) is 2.80. The number of benzene rings is 3. The Labute approximate surface area is 189 Å². The highest BCUT2D eigenvalue weighted by molar-refractivity contribution is 7.92. The van der Waals surface area contributed by atoms with Gasteiger partial charge in [-0.25, -0.2) is 8.42 Å². The van der Waals surface area contributed by atoms with Gasteiger partial charge in [0.15, 0.2) is 0 Å². The molecule has 0 radical (unpaired) electrons. The van der Waals surface area contributed by atoms with Crippen LogP contribution in [0.5, 0.6) is 0 Å². The summed E-state index contributed by atoms with van der Waals surface area (Å²) in [6.07, 6.45) is 3.01. The van der Waals surface area contributed by atoms with Crippen molar-refractivity contribution in [2.45, 2.75) is 57.3 Å². The maximum absolute atomic E-state index is 13.3. The van der Waals surface area contributed by atoms with E-state index in [4.69, 9.17) is 4.42 Å². The van der Waals surface area contributed by atoms with Gasteiger partial charge in [0, 0.05) is 28.1 Å². The zero-order valence-electron chi connectivity index (χ0n) is 19.0. The summed E-state index contributed by atoms with van der Waals surface area (Å²) in [5.41, 5.74) is 3.74. The molecule has 1 aliphatic rings. The van der Waals surface area contributed by atoms with Crippen molar-refractivity contribution in [3.8, 4) is 0 Å². The van der Waals surface area contributed by atoms with Crippen molar-refractivity contribution in [2.75, 3.05) is 4.72 Å². The fourth-order valence-electron chi connectivity index (χ4n) is 4.69. The van der Waals surface area contributed by atoms with Crippen LogP contribution in [-0.4, -0.2) is 8.42 Å². The first-order valence-corrected chi connectivity index (χ1v) is 12.7. The Morgan fingerprint density at radius 1 is 0.969 bits per heavy atom. The van der Waals surface area contributed by atoms with Gasteiger partial charge in [-0.2, -0.15) is 0 Å². The Morgan fingerprint density at radius 2 is 1.66 bits per heavy atom. The summed E-state index contributed by atoms with van der Waals surface area (Å²) in [6, 6.07) is 17.0. The highest BCUT2D eigenvalue weighted by Gasteiger charge is 2.25. The molecule has 0 amide bonds. The van der Waals surface area contributed by atoms with Gasteiger partial charge in [0.2, 0.25) is 0 Å². The van der Waals surface area contributed by atoms with Crippen LogP contribution in [-0.2, 0) is 28.3 Å². The average molecular weight is 448 g/mol. The number of sulfonamides is 1. The van der Waals surface area contributed by atoms with Crippen LogP contribution in [0.4, 0.5) is 5.69 Å². The zero-order valence-corrected chi connectivity index (χ0v) is 19.8. The molecule has 3 aromatic carbocycles. The highest BCUT2D eigenvalue weighted by Crippen LogP contribution is 2.40. The molecule has 0 aliphatic heterocycles. The second-order valence-electron chi connectivity index (χ2n) is 10.1. The van der Waals surface area contributed by atoms with E-state index in [-0.39, 0.29) is 10.3 Å². The van der Waals surface area contributed by atoms with Gasteiger partial charge in [-0.3, -0.25) is 4.72 Å². The third-order valence-corrected chi connectivity index (χ3v) is 7.96. The number of anilines is 1. The topological polar surface area (TPSA) is 59.3 Å². The van der Waals surface area contributed by atoms with E-state index in [9.17, 15) is 8.42 Å². The fraction of sp³-hybridized carbons (Fsp3) is 0.333. The standard InChI is InChI=1S/C27H29NO3S/c1-17-9-14-21-23-16-24(20-7-5-6-8-22(20)26(23)31-25(21)15-17)28-32(29,30)19-12-10-18(11-13-19)27(2,3)4/h5-8,10-13,16-17,28H,9,14-15H2,1-4H3. The van der Waals surface area contributed by atoms with E-state index in [2.05, 4.69) is 32.4 Å². The largest absolute Gasteiger partial charge is 0.460 e. The van der Waals surface area contributed by atoms with Crippen molar-refractivity contribution in [1.29, 1.82) is 0 Å². The average Bonchev–Trinajstić information content (AvgIpc) is 3.11. The van der Waals surface area contributed by atoms with Crippen LogP contribution in [0.15, 0.2) is 63.9 Å². The second kappa shape index (κ2) is 7.38. The minimum absolute atomic E-state index is 0.0329. The summed E-state index contributed by atoms with van der Waals surface area (Å²) >= 11 is 0. The molecule has 1 heterocycles. The van der Waals surface area contributed by atoms with E-state index >= 15 is 0 Å². The monoisotopic (exact) mass is 447 g/mol. The lowest BCUT2D eigenvalue weighted by atomic mass is 9.87. The van der Waals surface area contributed by atoms with E-state index < -0.39 is 10.0 Å². The van der Waals surface area contributed by atoms with Crippen molar-refractivity contribution in [3.63, 3.8) is 0 Å². The van der Waals surface area contributed by atoms with Gasteiger partial charge in [-0.15, -0.1) is 0 Å². The van der Waals surface area contributed by atoms with Crippen LogP contribution in [0.3, 0.4) is 0 Å². The van der Waals surface area contributed by atoms with E-state index in [0.29, 0.717) is 11.6 Å². The van der Waals surface area contributed by atoms with Crippen molar-refractivity contribution in [2.24, 2.45) is 5.92 Å². The smallest absolute Gasteiger partial charge is 0.261 e. The van der Waals surface area contributed by atoms with Gasteiger partial charge < -0.3 is 4.42 Å². The minimum Gasteiger partial charge on any atom is -0.460 e. The van der Waals surface area contributed by atoms with Crippen molar-refractivity contribution < 1.29 is 12.8 Å². The summed E-state index contributed by atoms with van der Waals surface area (Å²) < 4.78 is 35.7. The van der Waals surface area contributed by atoms with Gasteiger partial charge in [0.1, 0.15) is 11.3 Å². The maximum atomic E-state index is 13.3. The molecule has 1 aromatic heterocycles. The number of furan rings is 1. The fourth-order valence-corrected chi connectivity index (χ4v) is 5.76. The van der Waals surface area contributed by atoms with E-state index in [0.717, 1.165) is 52.3 Å². The molecule has 1 atom stereocenters. The lowest BCUT2D eigenvalue weighted by Crippen LogP contribution is -2.15. The first-order valence-electron chi connectivity index (χ1n) is 11.2. The maximum Gasteiger partial charge on any atom is 0.261 e. The molecule has 0 spiro atoms. The number of aryl methyl sites for hydroxylation is 1. The lowest BCUT2D eigenvalue weighted by molar-refractivity contribution is 0.427. The van der Waals surface area contributed by atoms with Gasteiger partial charge in [0.25, 0.3) is 10.0 Å². The Hall–Kier alpha value is -2.79. The Bertz CT molecular complexity index is 1420. The van der Waals surface area contributed by atoms with Gasteiger partial charge in [-0.1, -0.05) is 64.1 Å². The molecule has 4 nitrogen and oxygen atoms in total. The van der Waals surface area contributed by atoms with Crippen molar-refractivity contribution >= 4 is 37.5 Å². The molecule has 32 heavy (non-hydrogen) atoms. The van der Waals surface area contributed by atoms with Crippen LogP contribution in [0, 0.1) is 5.92 Å². The number of hydrogen-bond donors (Lipinski definition) is 1. The number of nitrogens with one attached hydrogen (secondary N) is 1. The minimum atomic E-state index is -3.73. The molecule has 1 N–H and O–H groups in total. The third-order valence-electron chi connectivity index (χ3n) is 6.58. The molecule has 1 aliphatic carbocycles. The molecule has 0 saturated heterocycles. The number of rotatable bonds is 3. The summed E-state index contributed by atoms with van der Waals surface area (Å²) in [7, 11) is -3.73. The third kappa shape index (κ3) is 3.58. The summed E-state index contributed by atoms with van der Waals surface area (Å²) in [6.45, 7) is 8.59. The van der Waals surface area contributed by atoms with E-state index in [1.165, 1.54) is 5.56 Å². The second-order valence-corrected chi connectivity index (χ2v) is 11.8. The lowest BCUT2D eigenvalue weighted by Gasteiger charge is -2.19. The molecule has 0 saturated carbocycles. The number of fused-ring (bicyclic) bond motifs is 5. The Morgan fingerprint density at radius 3 is 2.34 bits per heavy atom. The molecular weight excluding hydrogens is 418 g/mol. The first kappa shape index (κ1) is 21.1. The molecule has 5 heteroatoms. The highest BCUT2D eigenvalue weighted by atomic mass is 32.2. The summed E-state index contributed by atoms with van der Waals surface area (Å²) in [5.74, 6) is 1.64. The molecular formula is C27H29NO3S. The van der Waals surface area contributed by atoms with Crippen molar-refractivity contribution in [1.82, 2.24) is 0 Å². The SMILES string of the molecule is CC1CCc2c(oc3c2cc(NS(=O)(=O)c2ccc(C(C)(C)C)cc2)c2ccccc23)C1. The molecule has 5 rings (SSSR count). The molecule has 166 valence electrons. The molecule has 0 bridgehead atoms. The molecule has 1 unspecified atom stereocenters. The number of hydrogen-bond acceptors (Lipinski definition) is 3. The quantitative estimate of drug-likeness (QED) is 0.375. The van der Waals surface area contributed by atoms with Crippen LogP contribution in [0.25, 0.3) is 21.7 Å². The normalized spacial score (nSPS) is 16.9. The summed E-state index contributed by atoms with van der Waals surface area (Å²) in [4.78, 5) is 0.262. The molecule has 0 fully saturated rings. The van der Waals surface area contributed by atoms with Crippen LogP contribution in [0.2, 0.25) is 0 Å². The molecule has 4 aromatic rings. The zero-order chi connectivity index (χ0) is 22.7. The van der Waals surface area contributed by atoms with Crippen LogP contribution in [0.1, 0.15) is 51.0 Å². The van der Waals surface area contributed by atoms with Gasteiger partial charge in [0.05, 0.1) is 10.6 Å². The van der Waals surface area contributed by atoms with Crippen molar-refractivity contribution in [3.05, 3.63) is 71.5 Å². The van der Waals surface area contributed by atoms with E-state index in [1.807, 2.05) is 42.5 Å². The van der Waals surface area contributed by atoms with Crippen LogP contribution < -0.4 is 4.72 Å². The van der Waals surface area contributed by atoms with Gasteiger partial charge in [-0.05, 0) is 47.9 Å². The Balaban J connectivity index is 1.62. The Kier molecular flexibility index (Phi) is 4.86. The predicted molar refractivity (Wildman–Crippen MR) is 131 cm³/mol. The van der Waals surface area contributed by atoms with Crippen LogP contribution >= 0.6 is 0 Å².